The number of nitrogens with zero attached hydrogens (tertiary/aromatic N) is 1. The fraction of sp³-hybridized carbons (Fsp3) is 0.533. The molecule has 0 amide bonds. The molecule has 1 aliphatic rings. The molecule has 4 heteroatoms. The number of carboxylic acid groups (broad SMARTS) is 1. The van der Waals surface area contributed by atoms with Gasteiger partial charge in [0.25, 0.3) is 0 Å². The van der Waals surface area contributed by atoms with E-state index in [4.69, 9.17) is 9.84 Å². The molecule has 104 valence electrons. The molecule has 0 aliphatic carbocycles. The number of aliphatic carboxylic acids is 1. The largest absolute Gasteiger partial charge is 0.481 e. The van der Waals surface area contributed by atoms with E-state index in [2.05, 4.69) is 18.7 Å². The molecule has 0 radical (unpaired) electrons. The van der Waals surface area contributed by atoms with E-state index < -0.39 is 5.97 Å². The molecule has 0 aromatic heterocycles. The Morgan fingerprint density at radius 2 is 1.95 bits per heavy atom. The SMILES string of the molecule is CC1(C)COCCN1Cc1ccc(CC(=O)O)cc1. The smallest absolute Gasteiger partial charge is 0.307 e. The van der Waals surface area contributed by atoms with Crippen molar-refractivity contribution in [3.63, 3.8) is 0 Å². The van der Waals surface area contributed by atoms with E-state index in [1.165, 1.54) is 5.56 Å². The van der Waals surface area contributed by atoms with Crippen molar-refractivity contribution in [1.82, 2.24) is 4.90 Å². The van der Waals surface area contributed by atoms with Crippen LogP contribution in [-0.2, 0) is 22.5 Å². The summed E-state index contributed by atoms with van der Waals surface area (Å²) in [6.45, 7) is 7.72. The average molecular weight is 263 g/mol. The van der Waals surface area contributed by atoms with Crippen LogP contribution in [0.3, 0.4) is 0 Å². The Bertz CT molecular complexity index is 439. The van der Waals surface area contributed by atoms with Gasteiger partial charge in [-0.2, -0.15) is 0 Å². The lowest BCUT2D eigenvalue weighted by Crippen LogP contribution is -2.52. The van der Waals surface area contributed by atoms with Crippen LogP contribution in [0.2, 0.25) is 0 Å². The molecule has 1 saturated heterocycles. The molecule has 1 fully saturated rings. The molecule has 0 saturated carbocycles. The molecule has 19 heavy (non-hydrogen) atoms. The third-order valence-electron chi connectivity index (χ3n) is 3.57. The molecular weight excluding hydrogens is 242 g/mol. The van der Waals surface area contributed by atoms with Gasteiger partial charge < -0.3 is 9.84 Å². The number of ether oxygens (including phenoxy) is 1. The normalized spacial score (nSPS) is 19.3. The zero-order valence-electron chi connectivity index (χ0n) is 11.6. The number of hydrogen-bond acceptors (Lipinski definition) is 3. The molecule has 2 rings (SSSR count). The third-order valence-corrected chi connectivity index (χ3v) is 3.57. The summed E-state index contributed by atoms with van der Waals surface area (Å²) in [6.07, 6.45) is 0.0866. The lowest BCUT2D eigenvalue weighted by atomic mass is 10.0. The highest BCUT2D eigenvalue weighted by molar-refractivity contribution is 5.70. The van der Waals surface area contributed by atoms with Crippen molar-refractivity contribution in [3.05, 3.63) is 35.4 Å². The molecule has 0 bridgehead atoms. The van der Waals surface area contributed by atoms with Crippen LogP contribution in [0.1, 0.15) is 25.0 Å². The summed E-state index contributed by atoms with van der Waals surface area (Å²) >= 11 is 0. The highest BCUT2D eigenvalue weighted by atomic mass is 16.5. The Hall–Kier alpha value is -1.39. The van der Waals surface area contributed by atoms with Crippen LogP contribution in [-0.4, -0.2) is 41.3 Å². The number of rotatable bonds is 4. The highest BCUT2D eigenvalue weighted by Crippen LogP contribution is 2.21. The molecule has 1 N–H and O–H groups in total. The summed E-state index contributed by atoms with van der Waals surface area (Å²) in [4.78, 5) is 13.0. The summed E-state index contributed by atoms with van der Waals surface area (Å²) in [6, 6.07) is 7.83. The van der Waals surface area contributed by atoms with E-state index >= 15 is 0 Å². The second-order valence-electron chi connectivity index (χ2n) is 5.67. The maximum absolute atomic E-state index is 10.6. The van der Waals surface area contributed by atoms with Crippen molar-refractivity contribution in [2.24, 2.45) is 0 Å². The summed E-state index contributed by atoms with van der Waals surface area (Å²) in [7, 11) is 0. The van der Waals surface area contributed by atoms with E-state index in [0.29, 0.717) is 0 Å². The predicted octanol–water partition coefficient (Wildman–Crippen LogP) is 1.92. The second kappa shape index (κ2) is 5.72. The monoisotopic (exact) mass is 263 g/mol. The molecule has 1 heterocycles. The van der Waals surface area contributed by atoms with Gasteiger partial charge in [-0.1, -0.05) is 24.3 Å². The zero-order chi connectivity index (χ0) is 13.9. The Balaban J connectivity index is 2.00. The number of carbonyl (C=O) groups is 1. The Kier molecular flexibility index (Phi) is 4.22. The van der Waals surface area contributed by atoms with Crippen molar-refractivity contribution < 1.29 is 14.6 Å². The Morgan fingerprint density at radius 3 is 2.53 bits per heavy atom. The van der Waals surface area contributed by atoms with Gasteiger partial charge >= 0.3 is 5.97 Å². The molecule has 1 aromatic rings. The van der Waals surface area contributed by atoms with Crippen molar-refractivity contribution in [3.8, 4) is 0 Å². The molecule has 1 aliphatic heterocycles. The topological polar surface area (TPSA) is 49.8 Å². The van der Waals surface area contributed by atoms with Crippen molar-refractivity contribution in [1.29, 1.82) is 0 Å². The molecular formula is C15H21NO3. The minimum absolute atomic E-state index is 0.0536. The zero-order valence-corrected chi connectivity index (χ0v) is 11.6. The lowest BCUT2D eigenvalue weighted by Gasteiger charge is -2.42. The van der Waals surface area contributed by atoms with Gasteiger partial charge in [-0.15, -0.1) is 0 Å². The van der Waals surface area contributed by atoms with Crippen LogP contribution in [0.25, 0.3) is 0 Å². The van der Waals surface area contributed by atoms with E-state index in [9.17, 15) is 4.79 Å². The summed E-state index contributed by atoms with van der Waals surface area (Å²) < 4.78 is 5.51. The third kappa shape index (κ3) is 3.78. The van der Waals surface area contributed by atoms with Crippen LogP contribution in [0, 0.1) is 0 Å². The highest BCUT2D eigenvalue weighted by Gasteiger charge is 2.30. The second-order valence-corrected chi connectivity index (χ2v) is 5.67. The van der Waals surface area contributed by atoms with Gasteiger partial charge in [0.2, 0.25) is 0 Å². The summed E-state index contributed by atoms with van der Waals surface area (Å²) in [5.74, 6) is -0.790. The fourth-order valence-electron chi connectivity index (χ4n) is 2.34. The van der Waals surface area contributed by atoms with Gasteiger partial charge in [0.05, 0.1) is 19.6 Å². The van der Waals surface area contributed by atoms with Crippen LogP contribution in [0.4, 0.5) is 0 Å². The van der Waals surface area contributed by atoms with Gasteiger partial charge in [-0.3, -0.25) is 9.69 Å². The number of carboxylic acids is 1. The first-order chi connectivity index (χ1) is 8.97. The molecule has 4 nitrogen and oxygen atoms in total. The van der Waals surface area contributed by atoms with E-state index in [-0.39, 0.29) is 12.0 Å². The maximum atomic E-state index is 10.6. The number of morpholine rings is 1. The first kappa shape index (κ1) is 14.0. The standard InChI is InChI=1S/C15H21NO3/c1-15(2)11-19-8-7-16(15)10-13-5-3-12(4-6-13)9-14(17)18/h3-6H,7-11H2,1-2H3,(H,17,18). The van der Waals surface area contributed by atoms with Crippen LogP contribution >= 0.6 is 0 Å². The van der Waals surface area contributed by atoms with E-state index in [0.717, 1.165) is 31.9 Å². The molecule has 0 atom stereocenters. The number of hydrogen-bond donors (Lipinski definition) is 1. The van der Waals surface area contributed by atoms with Gasteiger partial charge in [0.1, 0.15) is 0 Å². The van der Waals surface area contributed by atoms with Gasteiger partial charge in [-0.05, 0) is 25.0 Å². The molecule has 1 aromatic carbocycles. The minimum Gasteiger partial charge on any atom is -0.481 e. The fourth-order valence-corrected chi connectivity index (χ4v) is 2.34. The Labute approximate surface area is 114 Å². The minimum atomic E-state index is -0.790. The lowest BCUT2D eigenvalue weighted by molar-refractivity contribution is -0.136. The summed E-state index contributed by atoms with van der Waals surface area (Å²) in [5.41, 5.74) is 2.11. The average Bonchev–Trinajstić information content (AvgIpc) is 2.33. The van der Waals surface area contributed by atoms with Gasteiger partial charge in [-0.25, -0.2) is 0 Å². The van der Waals surface area contributed by atoms with Crippen LogP contribution < -0.4 is 0 Å². The van der Waals surface area contributed by atoms with Crippen molar-refractivity contribution >= 4 is 5.97 Å². The van der Waals surface area contributed by atoms with Crippen LogP contribution in [0.5, 0.6) is 0 Å². The van der Waals surface area contributed by atoms with Gasteiger partial charge in [0.15, 0.2) is 0 Å². The first-order valence-electron chi connectivity index (χ1n) is 6.60. The predicted molar refractivity (Wildman–Crippen MR) is 73.1 cm³/mol. The van der Waals surface area contributed by atoms with Crippen molar-refractivity contribution in [2.45, 2.75) is 32.4 Å². The first-order valence-corrected chi connectivity index (χ1v) is 6.60. The van der Waals surface area contributed by atoms with Crippen LogP contribution in [0.15, 0.2) is 24.3 Å². The quantitative estimate of drug-likeness (QED) is 0.901. The van der Waals surface area contributed by atoms with E-state index in [1.807, 2.05) is 24.3 Å². The molecule has 0 unspecified atom stereocenters. The van der Waals surface area contributed by atoms with E-state index in [1.54, 1.807) is 0 Å². The maximum Gasteiger partial charge on any atom is 0.307 e. The van der Waals surface area contributed by atoms with Gasteiger partial charge in [0, 0.05) is 18.6 Å². The number of benzene rings is 1. The molecule has 0 spiro atoms. The van der Waals surface area contributed by atoms with Crippen molar-refractivity contribution in [2.75, 3.05) is 19.8 Å². The summed E-state index contributed by atoms with van der Waals surface area (Å²) in [5, 5.41) is 8.74. The Morgan fingerprint density at radius 1 is 1.32 bits per heavy atom.